The highest BCUT2D eigenvalue weighted by Crippen LogP contribution is 2.15. The van der Waals surface area contributed by atoms with E-state index in [1.807, 2.05) is 30.3 Å². The van der Waals surface area contributed by atoms with Crippen LogP contribution in [0.4, 0.5) is 10.1 Å². The van der Waals surface area contributed by atoms with Crippen LogP contribution in [0, 0.1) is 5.82 Å². The first kappa shape index (κ1) is 21.2. The highest BCUT2D eigenvalue weighted by molar-refractivity contribution is 6.04. The molecule has 2 amide bonds. The molecule has 3 aromatic rings. The van der Waals surface area contributed by atoms with Crippen molar-refractivity contribution in [3.8, 4) is 0 Å². The van der Waals surface area contributed by atoms with Gasteiger partial charge in [0, 0.05) is 29.9 Å². The van der Waals surface area contributed by atoms with Gasteiger partial charge in [0.25, 0.3) is 11.8 Å². The normalized spacial score (nSPS) is 10.5. The number of amides is 2. The van der Waals surface area contributed by atoms with Gasteiger partial charge in [0.15, 0.2) is 0 Å². The Balaban J connectivity index is 1.67. The molecule has 6 heteroatoms. The summed E-state index contributed by atoms with van der Waals surface area (Å²) >= 11 is 0. The van der Waals surface area contributed by atoms with Crippen LogP contribution in [0.3, 0.4) is 0 Å². The van der Waals surface area contributed by atoms with Gasteiger partial charge in [-0.2, -0.15) is 0 Å². The molecular weight excluding hydrogens is 381 g/mol. The van der Waals surface area contributed by atoms with Crippen LogP contribution >= 0.6 is 0 Å². The van der Waals surface area contributed by atoms with Gasteiger partial charge in [-0.25, -0.2) is 4.39 Å². The zero-order chi connectivity index (χ0) is 21.3. The van der Waals surface area contributed by atoms with Crippen molar-refractivity contribution in [2.75, 3.05) is 18.4 Å². The minimum Gasteiger partial charge on any atom is -0.334 e. The Kier molecular flexibility index (Phi) is 7.29. The Labute approximate surface area is 175 Å². The first-order valence-electron chi connectivity index (χ1n) is 9.77. The molecule has 0 radical (unpaired) electrons. The molecule has 0 heterocycles. The first-order valence-corrected chi connectivity index (χ1v) is 9.77. The molecule has 0 spiro atoms. The van der Waals surface area contributed by atoms with Crippen molar-refractivity contribution in [3.63, 3.8) is 0 Å². The maximum Gasteiger partial charge on any atom is 0.255 e. The van der Waals surface area contributed by atoms with Crippen LogP contribution in [-0.4, -0.2) is 29.8 Å². The van der Waals surface area contributed by atoms with Gasteiger partial charge in [-0.15, -0.1) is 0 Å². The Hall–Kier alpha value is -3.51. The topological polar surface area (TPSA) is 75.4 Å². The maximum absolute atomic E-state index is 13.3. The van der Waals surface area contributed by atoms with Crippen molar-refractivity contribution in [3.05, 3.63) is 101 Å². The van der Waals surface area contributed by atoms with Crippen molar-refractivity contribution in [1.82, 2.24) is 4.90 Å². The van der Waals surface area contributed by atoms with E-state index in [1.165, 1.54) is 18.2 Å². The molecule has 5 nitrogen and oxygen atoms in total. The lowest BCUT2D eigenvalue weighted by atomic mass is 10.1. The number of hydrogen-bond acceptors (Lipinski definition) is 3. The van der Waals surface area contributed by atoms with E-state index < -0.39 is 5.82 Å². The molecule has 30 heavy (non-hydrogen) atoms. The lowest BCUT2D eigenvalue weighted by Crippen LogP contribution is -2.32. The minimum absolute atomic E-state index is 0.0486. The molecule has 3 rings (SSSR count). The summed E-state index contributed by atoms with van der Waals surface area (Å²) in [4.78, 5) is 26.9. The van der Waals surface area contributed by atoms with Gasteiger partial charge in [0.1, 0.15) is 5.82 Å². The predicted molar refractivity (Wildman–Crippen MR) is 116 cm³/mol. The molecule has 0 bridgehead atoms. The highest BCUT2D eigenvalue weighted by Gasteiger charge is 2.15. The monoisotopic (exact) mass is 405 g/mol. The van der Waals surface area contributed by atoms with Gasteiger partial charge < -0.3 is 16.0 Å². The fourth-order valence-electron chi connectivity index (χ4n) is 3.04. The molecule has 0 unspecified atom stereocenters. The molecule has 0 aliphatic rings. The Bertz CT molecular complexity index is 991. The zero-order valence-corrected chi connectivity index (χ0v) is 16.6. The standard InChI is InChI=1S/C24H24FN3O2/c25-21-9-4-8-20(16-21)23(29)27-22-12-10-18(11-13-22)17-28(15-5-14-26)24(30)19-6-2-1-3-7-19/h1-4,6-13,16H,5,14-15,17,26H2,(H,27,29). The number of anilines is 1. The Morgan fingerprint density at radius 2 is 1.60 bits per heavy atom. The average Bonchev–Trinajstić information content (AvgIpc) is 2.78. The largest absolute Gasteiger partial charge is 0.334 e. The highest BCUT2D eigenvalue weighted by atomic mass is 19.1. The number of rotatable bonds is 8. The summed E-state index contributed by atoms with van der Waals surface area (Å²) in [6.45, 7) is 1.50. The predicted octanol–water partition coefficient (Wildman–Crippen LogP) is 4.07. The van der Waals surface area contributed by atoms with Crippen LogP contribution in [0.15, 0.2) is 78.9 Å². The summed E-state index contributed by atoms with van der Waals surface area (Å²) in [6, 6.07) is 21.9. The van der Waals surface area contributed by atoms with Crippen molar-refractivity contribution in [1.29, 1.82) is 0 Å². The molecule has 0 atom stereocenters. The van der Waals surface area contributed by atoms with Crippen molar-refractivity contribution in [2.45, 2.75) is 13.0 Å². The van der Waals surface area contributed by atoms with Gasteiger partial charge >= 0.3 is 0 Å². The molecule has 0 fully saturated rings. The maximum atomic E-state index is 13.3. The lowest BCUT2D eigenvalue weighted by molar-refractivity contribution is 0.0742. The number of nitrogens with one attached hydrogen (secondary N) is 1. The number of hydrogen-bond donors (Lipinski definition) is 2. The zero-order valence-electron chi connectivity index (χ0n) is 16.6. The minimum atomic E-state index is -0.460. The number of nitrogens with zero attached hydrogens (tertiary/aromatic N) is 1. The quantitative estimate of drug-likeness (QED) is 0.593. The van der Waals surface area contributed by atoms with E-state index in [1.54, 1.807) is 35.2 Å². The second-order valence-electron chi connectivity index (χ2n) is 6.90. The summed E-state index contributed by atoms with van der Waals surface area (Å²) < 4.78 is 13.3. The van der Waals surface area contributed by atoms with E-state index in [0.29, 0.717) is 37.3 Å². The van der Waals surface area contributed by atoms with E-state index in [9.17, 15) is 14.0 Å². The lowest BCUT2D eigenvalue weighted by Gasteiger charge is -2.23. The number of benzene rings is 3. The third kappa shape index (κ3) is 5.75. The van der Waals surface area contributed by atoms with Crippen LogP contribution in [0.5, 0.6) is 0 Å². The smallest absolute Gasteiger partial charge is 0.255 e. The van der Waals surface area contributed by atoms with E-state index in [-0.39, 0.29) is 17.4 Å². The molecule has 0 aliphatic heterocycles. The SMILES string of the molecule is NCCCN(Cc1ccc(NC(=O)c2cccc(F)c2)cc1)C(=O)c1ccccc1. The molecule has 154 valence electrons. The average molecular weight is 405 g/mol. The van der Waals surface area contributed by atoms with Crippen LogP contribution in [0.25, 0.3) is 0 Å². The summed E-state index contributed by atoms with van der Waals surface area (Å²) in [5.74, 6) is -0.891. The van der Waals surface area contributed by atoms with E-state index in [4.69, 9.17) is 5.73 Å². The van der Waals surface area contributed by atoms with Crippen LogP contribution in [-0.2, 0) is 6.54 Å². The third-order valence-electron chi connectivity index (χ3n) is 4.61. The first-order chi connectivity index (χ1) is 14.6. The van der Waals surface area contributed by atoms with Crippen molar-refractivity contribution in [2.24, 2.45) is 5.73 Å². The molecule has 3 N–H and O–H groups in total. The molecule has 0 saturated carbocycles. The number of carbonyl (C=O) groups excluding carboxylic acids is 2. The van der Waals surface area contributed by atoms with E-state index in [0.717, 1.165) is 5.56 Å². The van der Waals surface area contributed by atoms with Crippen LogP contribution in [0.2, 0.25) is 0 Å². The molecule has 3 aromatic carbocycles. The van der Waals surface area contributed by atoms with Gasteiger partial charge in [0.2, 0.25) is 0 Å². The Morgan fingerprint density at radius 3 is 2.27 bits per heavy atom. The molecular formula is C24H24FN3O2. The second-order valence-corrected chi connectivity index (χ2v) is 6.90. The van der Waals surface area contributed by atoms with Gasteiger partial charge in [0.05, 0.1) is 0 Å². The molecule has 0 aliphatic carbocycles. The van der Waals surface area contributed by atoms with E-state index >= 15 is 0 Å². The molecule has 0 saturated heterocycles. The summed E-state index contributed by atoms with van der Waals surface area (Å²) in [7, 11) is 0. The fraction of sp³-hybridized carbons (Fsp3) is 0.167. The second kappa shape index (κ2) is 10.3. The number of carbonyl (C=O) groups is 2. The third-order valence-corrected chi connectivity index (χ3v) is 4.61. The van der Waals surface area contributed by atoms with Crippen LogP contribution < -0.4 is 11.1 Å². The number of nitrogens with two attached hydrogens (primary N) is 1. The summed E-state index contributed by atoms with van der Waals surface area (Å²) in [6.07, 6.45) is 0.709. The number of halogens is 1. The Morgan fingerprint density at radius 1 is 0.900 bits per heavy atom. The van der Waals surface area contributed by atoms with Gasteiger partial charge in [-0.1, -0.05) is 36.4 Å². The summed E-state index contributed by atoms with van der Waals surface area (Å²) in [5.41, 5.74) is 8.04. The fourth-order valence-corrected chi connectivity index (χ4v) is 3.04. The van der Waals surface area contributed by atoms with Crippen LogP contribution in [0.1, 0.15) is 32.7 Å². The van der Waals surface area contributed by atoms with Gasteiger partial charge in [-0.3, -0.25) is 9.59 Å². The van der Waals surface area contributed by atoms with Gasteiger partial charge in [-0.05, 0) is 61.0 Å². The van der Waals surface area contributed by atoms with Crippen molar-refractivity contribution < 1.29 is 14.0 Å². The summed E-state index contributed by atoms with van der Waals surface area (Å²) in [5, 5.41) is 2.75. The van der Waals surface area contributed by atoms with E-state index in [2.05, 4.69) is 5.32 Å². The van der Waals surface area contributed by atoms with Crippen molar-refractivity contribution >= 4 is 17.5 Å². The molecule has 0 aromatic heterocycles.